The number of aliphatic hydroxyl groups excluding tert-OH is 2. The van der Waals surface area contributed by atoms with Crippen molar-refractivity contribution in [3.63, 3.8) is 0 Å². The molecule has 2 bridgehead atoms. The van der Waals surface area contributed by atoms with Gasteiger partial charge in [-0.25, -0.2) is 5.26 Å². The van der Waals surface area contributed by atoms with Gasteiger partial charge in [0.1, 0.15) is 12.2 Å². The third-order valence-corrected chi connectivity index (χ3v) is 12.0. The van der Waals surface area contributed by atoms with Crippen LogP contribution < -0.4 is 0 Å². The molecule has 11 heteroatoms. The Labute approximate surface area is 248 Å². The highest BCUT2D eigenvalue weighted by atomic mass is 17.5. The Balaban J connectivity index is 1.43. The molecule has 4 aliphatic carbocycles. The van der Waals surface area contributed by atoms with Crippen LogP contribution in [0.2, 0.25) is 0 Å². The lowest BCUT2D eigenvalue weighted by atomic mass is 9.43. The van der Waals surface area contributed by atoms with Crippen molar-refractivity contribution in [2.75, 3.05) is 6.61 Å². The molecule has 4 N–H and O–H groups in total. The summed E-state index contributed by atoms with van der Waals surface area (Å²) in [4.78, 5) is 30.5. The number of carbonyl (C=O) groups excluding carboxylic acids is 1. The Morgan fingerprint density at radius 2 is 1.81 bits per heavy atom. The first kappa shape index (κ1) is 32.1. The molecule has 13 unspecified atom stereocenters. The summed E-state index contributed by atoms with van der Waals surface area (Å²) in [6, 6.07) is 0. The summed E-state index contributed by atoms with van der Waals surface area (Å²) in [7, 11) is 0. The summed E-state index contributed by atoms with van der Waals surface area (Å²) in [6.45, 7) is 9.44. The predicted molar refractivity (Wildman–Crippen MR) is 147 cm³/mol. The van der Waals surface area contributed by atoms with Crippen LogP contribution in [0.15, 0.2) is 0 Å². The van der Waals surface area contributed by atoms with Crippen LogP contribution in [0.5, 0.6) is 0 Å². The van der Waals surface area contributed by atoms with Crippen LogP contribution in [0, 0.1) is 52.3 Å². The molecule has 42 heavy (non-hydrogen) atoms. The van der Waals surface area contributed by atoms with Crippen LogP contribution in [-0.2, 0) is 33.7 Å². The van der Waals surface area contributed by atoms with E-state index in [-0.39, 0.29) is 47.0 Å². The van der Waals surface area contributed by atoms with Gasteiger partial charge < -0.3 is 29.5 Å². The molecule has 240 valence electrons. The van der Waals surface area contributed by atoms with Crippen molar-refractivity contribution in [2.45, 2.75) is 123 Å². The highest BCUT2D eigenvalue weighted by Crippen LogP contribution is 2.71. The first-order chi connectivity index (χ1) is 19.9. The SMILES string of the molecule is CC(C)CC(=O)OC1C(OC2CC(C(=O)O)C3CCC45CC(CCC4C3(C)C2)C(C)C5O)OC(CO)C(OOO)[C@@H]1C. The minimum atomic E-state index is -1.09. The zero-order valence-electron chi connectivity index (χ0n) is 25.5. The number of rotatable bonds is 9. The predicted octanol–water partition coefficient (Wildman–Crippen LogP) is 3.80. The number of aliphatic carboxylic acids is 1. The standard InChI is InChI=1S/C31H50O11/c1-15(2)10-24(33)40-26-17(4)25(41-42-37)22(14-32)39-29(26)38-19-11-20(28(35)36)21-8-9-31-12-18(16(3)27(31)34)6-7-23(31)30(21,5)13-19/h15-23,25-27,29,32,34,37H,6-14H2,1-5H3,(H,35,36)/t16?,17-,18?,19?,20?,21?,22?,23?,25?,26?,27?,29?,30?,31?/m0/s1. The van der Waals surface area contributed by atoms with Crippen LogP contribution in [0.1, 0.15) is 86.0 Å². The van der Waals surface area contributed by atoms with Crippen LogP contribution in [0.4, 0.5) is 0 Å². The Morgan fingerprint density at radius 1 is 1.07 bits per heavy atom. The van der Waals surface area contributed by atoms with Crippen molar-refractivity contribution in [1.82, 2.24) is 0 Å². The summed E-state index contributed by atoms with van der Waals surface area (Å²) >= 11 is 0. The Hall–Kier alpha value is -1.34. The highest BCUT2D eigenvalue weighted by Gasteiger charge is 2.67. The van der Waals surface area contributed by atoms with Gasteiger partial charge in [0, 0.05) is 17.8 Å². The summed E-state index contributed by atoms with van der Waals surface area (Å²) in [5.74, 6) is -1.52. The van der Waals surface area contributed by atoms with Gasteiger partial charge in [0.25, 0.3) is 0 Å². The van der Waals surface area contributed by atoms with E-state index in [1.165, 1.54) is 0 Å². The van der Waals surface area contributed by atoms with Crippen molar-refractivity contribution in [2.24, 2.45) is 52.3 Å². The zero-order chi connectivity index (χ0) is 30.6. The van der Waals surface area contributed by atoms with E-state index in [0.717, 1.165) is 32.1 Å². The van der Waals surface area contributed by atoms with E-state index in [1.54, 1.807) is 6.92 Å². The lowest BCUT2D eigenvalue weighted by molar-refractivity contribution is -0.524. The maximum Gasteiger partial charge on any atom is 0.306 e. The molecule has 14 atom stereocenters. The van der Waals surface area contributed by atoms with Gasteiger partial charge in [-0.2, -0.15) is 4.89 Å². The van der Waals surface area contributed by atoms with Crippen molar-refractivity contribution in [1.29, 1.82) is 0 Å². The van der Waals surface area contributed by atoms with E-state index in [2.05, 4.69) is 18.9 Å². The molecule has 1 heterocycles. The molecule has 5 aliphatic rings. The third-order valence-electron chi connectivity index (χ3n) is 12.0. The van der Waals surface area contributed by atoms with Crippen LogP contribution in [0.3, 0.4) is 0 Å². The number of hydrogen-bond donors (Lipinski definition) is 4. The molecular formula is C31H50O11. The van der Waals surface area contributed by atoms with Crippen molar-refractivity contribution in [3.05, 3.63) is 0 Å². The third kappa shape index (κ3) is 5.41. The van der Waals surface area contributed by atoms with Gasteiger partial charge in [0.15, 0.2) is 12.4 Å². The number of carboxylic acid groups (broad SMARTS) is 1. The molecule has 5 rings (SSSR count). The number of aliphatic hydroxyl groups is 2. The van der Waals surface area contributed by atoms with Crippen LogP contribution in [0.25, 0.3) is 0 Å². The first-order valence-electron chi connectivity index (χ1n) is 15.8. The molecule has 11 nitrogen and oxygen atoms in total. The van der Waals surface area contributed by atoms with Crippen LogP contribution in [-0.4, -0.2) is 75.9 Å². The monoisotopic (exact) mass is 598 g/mol. The molecule has 4 saturated carbocycles. The minimum absolute atomic E-state index is 0.0272. The lowest BCUT2D eigenvalue weighted by Gasteiger charge is -2.62. The molecule has 1 aliphatic heterocycles. The minimum Gasteiger partial charge on any atom is -0.481 e. The normalized spacial score (nSPS) is 48.4. The van der Waals surface area contributed by atoms with Gasteiger partial charge in [-0.3, -0.25) is 9.59 Å². The first-order valence-corrected chi connectivity index (χ1v) is 15.8. The number of ether oxygens (including phenoxy) is 3. The number of carboxylic acids is 1. The van der Waals surface area contributed by atoms with Crippen molar-refractivity contribution in [3.8, 4) is 0 Å². The smallest absolute Gasteiger partial charge is 0.306 e. The number of fused-ring (bicyclic) bond motifs is 3. The second-order valence-electron chi connectivity index (χ2n) is 14.7. The second-order valence-corrected chi connectivity index (χ2v) is 14.7. The fraction of sp³-hybridized carbons (Fsp3) is 0.935. The largest absolute Gasteiger partial charge is 0.481 e. The van der Waals surface area contributed by atoms with Gasteiger partial charge in [0.05, 0.1) is 24.7 Å². The Morgan fingerprint density at radius 3 is 2.45 bits per heavy atom. The van der Waals surface area contributed by atoms with E-state index >= 15 is 0 Å². The van der Waals surface area contributed by atoms with E-state index in [4.69, 9.17) is 24.4 Å². The zero-order valence-corrected chi connectivity index (χ0v) is 25.5. The fourth-order valence-corrected chi connectivity index (χ4v) is 10.2. The molecular weight excluding hydrogens is 548 g/mol. The number of esters is 1. The van der Waals surface area contributed by atoms with Gasteiger partial charge in [0.2, 0.25) is 0 Å². The highest BCUT2D eigenvalue weighted by molar-refractivity contribution is 5.71. The van der Waals surface area contributed by atoms with Crippen molar-refractivity contribution >= 4 is 11.9 Å². The van der Waals surface area contributed by atoms with Crippen molar-refractivity contribution < 1.29 is 54.3 Å². The lowest BCUT2D eigenvalue weighted by Crippen LogP contribution is -2.61. The Kier molecular flexibility index (Phi) is 9.33. The molecule has 0 aromatic rings. The molecule has 1 spiro atoms. The molecule has 0 amide bonds. The van der Waals surface area contributed by atoms with Gasteiger partial charge >= 0.3 is 11.9 Å². The second kappa shape index (κ2) is 12.2. The number of hydrogen-bond acceptors (Lipinski definition) is 10. The maximum absolute atomic E-state index is 12.8. The summed E-state index contributed by atoms with van der Waals surface area (Å²) in [5, 5.41) is 44.9. The van der Waals surface area contributed by atoms with Gasteiger partial charge in [-0.15, -0.1) is 0 Å². The average molecular weight is 599 g/mol. The fourth-order valence-electron chi connectivity index (χ4n) is 10.2. The number of carbonyl (C=O) groups is 2. The van der Waals surface area contributed by atoms with Gasteiger partial charge in [-0.05, 0) is 80.0 Å². The summed E-state index contributed by atoms with van der Waals surface area (Å²) < 4.78 is 18.5. The molecule has 5 fully saturated rings. The summed E-state index contributed by atoms with van der Waals surface area (Å²) in [6.07, 6.45) is 0.889. The van der Waals surface area contributed by atoms with E-state index in [9.17, 15) is 24.9 Å². The van der Waals surface area contributed by atoms with E-state index in [1.807, 2.05) is 13.8 Å². The Bertz CT molecular complexity index is 990. The quantitative estimate of drug-likeness (QED) is 0.132. The molecule has 0 radical (unpaired) electrons. The topological polar surface area (TPSA) is 161 Å². The average Bonchev–Trinajstić information content (AvgIpc) is 3.10. The maximum atomic E-state index is 12.8. The molecule has 0 aromatic heterocycles. The van der Waals surface area contributed by atoms with E-state index in [0.29, 0.717) is 18.8 Å². The molecule has 1 saturated heterocycles. The van der Waals surface area contributed by atoms with Crippen LogP contribution >= 0.6 is 0 Å². The van der Waals surface area contributed by atoms with Gasteiger partial charge in [-0.1, -0.05) is 39.7 Å². The van der Waals surface area contributed by atoms with E-state index < -0.39 is 61.1 Å². The summed E-state index contributed by atoms with van der Waals surface area (Å²) in [5.41, 5.74) is -0.558. The molecule has 0 aromatic carbocycles.